The predicted octanol–water partition coefficient (Wildman–Crippen LogP) is 4.61. The predicted molar refractivity (Wildman–Crippen MR) is 143 cm³/mol. The van der Waals surface area contributed by atoms with Crippen LogP contribution < -0.4 is 16.0 Å². The molecule has 1 aliphatic heterocycles. The second-order valence-corrected chi connectivity index (χ2v) is 10.2. The van der Waals surface area contributed by atoms with Crippen molar-refractivity contribution < 1.29 is 23.9 Å². The van der Waals surface area contributed by atoms with Crippen LogP contribution in [-0.4, -0.2) is 35.5 Å². The molecule has 1 unspecified atom stereocenters. The zero-order chi connectivity index (χ0) is 26.5. The van der Waals surface area contributed by atoms with Crippen molar-refractivity contribution >= 4 is 52.5 Å². The summed E-state index contributed by atoms with van der Waals surface area (Å²) in [4.78, 5) is 52.0. The van der Waals surface area contributed by atoms with E-state index in [-0.39, 0.29) is 23.8 Å². The van der Waals surface area contributed by atoms with Crippen molar-refractivity contribution in [2.75, 3.05) is 22.6 Å². The lowest BCUT2D eigenvalue weighted by molar-refractivity contribution is -0.121. The quantitative estimate of drug-likeness (QED) is 0.254. The van der Waals surface area contributed by atoms with Gasteiger partial charge in [-0.2, -0.15) is 0 Å². The molecule has 8 nitrogen and oxygen atoms in total. The van der Waals surface area contributed by atoms with Crippen LogP contribution in [0, 0.1) is 0 Å². The Labute approximate surface area is 219 Å². The summed E-state index contributed by atoms with van der Waals surface area (Å²) in [7, 11) is 0. The van der Waals surface area contributed by atoms with Gasteiger partial charge in [-0.1, -0.05) is 32.0 Å². The van der Waals surface area contributed by atoms with Crippen molar-refractivity contribution in [3.05, 3.63) is 83.9 Å². The van der Waals surface area contributed by atoms with Gasteiger partial charge in [0.25, 0.3) is 5.91 Å². The fourth-order valence-corrected chi connectivity index (χ4v) is 4.95. The van der Waals surface area contributed by atoms with E-state index in [1.54, 1.807) is 30.3 Å². The number of benzene rings is 3. The highest BCUT2D eigenvalue weighted by atomic mass is 32.2. The summed E-state index contributed by atoms with van der Waals surface area (Å²) in [5, 5.41) is 2.13. The van der Waals surface area contributed by atoms with Crippen molar-refractivity contribution in [1.82, 2.24) is 0 Å². The Balaban J connectivity index is 1.32. The molecule has 4 rings (SSSR count). The molecule has 1 fully saturated rings. The fourth-order valence-electron chi connectivity index (χ4n) is 3.83. The van der Waals surface area contributed by atoms with Crippen LogP contribution >= 0.6 is 11.8 Å². The molecule has 9 heteroatoms. The number of esters is 1. The maximum atomic E-state index is 12.9. The average molecular weight is 518 g/mol. The van der Waals surface area contributed by atoms with E-state index in [1.807, 2.05) is 18.2 Å². The summed E-state index contributed by atoms with van der Waals surface area (Å²) < 4.78 is 5.11. The van der Waals surface area contributed by atoms with Crippen LogP contribution in [0.15, 0.2) is 77.7 Å². The first-order valence-corrected chi connectivity index (χ1v) is 12.6. The van der Waals surface area contributed by atoms with Gasteiger partial charge in [0.05, 0.1) is 16.5 Å². The van der Waals surface area contributed by atoms with Crippen LogP contribution in [0.3, 0.4) is 0 Å². The van der Waals surface area contributed by atoms with Crippen molar-refractivity contribution in [1.29, 1.82) is 0 Å². The molecule has 1 heterocycles. The van der Waals surface area contributed by atoms with Crippen LogP contribution in [0.5, 0.6) is 0 Å². The maximum Gasteiger partial charge on any atom is 0.338 e. The molecule has 3 aromatic rings. The Morgan fingerprint density at radius 2 is 1.76 bits per heavy atom. The van der Waals surface area contributed by atoms with E-state index in [9.17, 15) is 19.2 Å². The SMILES string of the molecule is CC(C)c1ccc(NC(=O)COC(=O)c2ccc(N3C(=O)CC(Sc4cccc(N)c4)C3=O)cc2)cc1. The molecule has 3 aromatic carbocycles. The number of rotatable bonds is 8. The fraction of sp³-hybridized carbons (Fsp3) is 0.214. The third-order valence-electron chi connectivity index (χ3n) is 5.80. The number of imide groups is 1. The van der Waals surface area contributed by atoms with E-state index in [2.05, 4.69) is 19.2 Å². The molecular weight excluding hydrogens is 490 g/mol. The lowest BCUT2D eigenvalue weighted by Crippen LogP contribution is -2.31. The first-order valence-electron chi connectivity index (χ1n) is 11.8. The summed E-state index contributed by atoms with van der Waals surface area (Å²) in [5.41, 5.74) is 8.71. The normalized spacial score (nSPS) is 15.2. The van der Waals surface area contributed by atoms with Crippen LogP contribution in [0.4, 0.5) is 17.1 Å². The Bertz CT molecular complexity index is 1320. The molecule has 0 saturated carbocycles. The number of nitrogens with one attached hydrogen (secondary N) is 1. The summed E-state index contributed by atoms with van der Waals surface area (Å²) in [6.07, 6.45) is 0.0669. The average Bonchev–Trinajstić information content (AvgIpc) is 3.15. The standard InChI is InChI=1S/C28H27N3O5S/c1-17(2)18-6-10-21(11-7-18)30-25(32)16-36-28(35)19-8-12-22(13-9-19)31-26(33)15-24(27(31)34)37-23-5-3-4-20(29)14-23/h3-14,17,24H,15-16,29H2,1-2H3,(H,30,32). The van der Waals surface area contributed by atoms with E-state index >= 15 is 0 Å². The highest BCUT2D eigenvalue weighted by molar-refractivity contribution is 8.00. The first kappa shape index (κ1) is 26.0. The Morgan fingerprint density at radius 1 is 1.05 bits per heavy atom. The van der Waals surface area contributed by atoms with Gasteiger partial charge in [0.2, 0.25) is 11.8 Å². The Morgan fingerprint density at radius 3 is 2.41 bits per heavy atom. The highest BCUT2D eigenvalue weighted by Crippen LogP contribution is 2.34. The number of hydrogen-bond donors (Lipinski definition) is 2. The maximum absolute atomic E-state index is 12.9. The third kappa shape index (κ3) is 6.37. The van der Waals surface area contributed by atoms with Gasteiger partial charge >= 0.3 is 5.97 Å². The molecule has 1 atom stereocenters. The molecular formula is C28H27N3O5S. The summed E-state index contributed by atoms with van der Waals surface area (Å²) in [6, 6.07) is 20.5. The van der Waals surface area contributed by atoms with Gasteiger partial charge in [-0.05, 0) is 66.1 Å². The number of carbonyl (C=O) groups is 4. The molecule has 0 radical (unpaired) electrons. The van der Waals surface area contributed by atoms with Gasteiger partial charge in [-0.3, -0.25) is 14.4 Å². The number of nitrogens with zero attached hydrogens (tertiary/aromatic N) is 1. The zero-order valence-corrected chi connectivity index (χ0v) is 21.3. The largest absolute Gasteiger partial charge is 0.452 e. The third-order valence-corrected chi connectivity index (χ3v) is 6.98. The number of nitrogens with two attached hydrogens (primary N) is 1. The molecule has 37 heavy (non-hydrogen) atoms. The molecule has 0 aromatic heterocycles. The van der Waals surface area contributed by atoms with Gasteiger partial charge < -0.3 is 15.8 Å². The van der Waals surface area contributed by atoms with Crippen LogP contribution in [0.25, 0.3) is 0 Å². The molecule has 0 bridgehead atoms. The van der Waals surface area contributed by atoms with E-state index < -0.39 is 23.7 Å². The summed E-state index contributed by atoms with van der Waals surface area (Å²) in [5.74, 6) is -1.41. The number of ether oxygens (including phenoxy) is 1. The number of anilines is 3. The second-order valence-electron chi connectivity index (χ2n) is 8.90. The van der Waals surface area contributed by atoms with Crippen LogP contribution in [0.2, 0.25) is 0 Å². The molecule has 190 valence electrons. The van der Waals surface area contributed by atoms with E-state index in [0.29, 0.717) is 23.0 Å². The topological polar surface area (TPSA) is 119 Å². The zero-order valence-electron chi connectivity index (χ0n) is 20.5. The lowest BCUT2D eigenvalue weighted by Gasteiger charge is -2.15. The summed E-state index contributed by atoms with van der Waals surface area (Å²) >= 11 is 1.29. The van der Waals surface area contributed by atoms with Crippen molar-refractivity contribution in [3.8, 4) is 0 Å². The monoisotopic (exact) mass is 517 g/mol. The molecule has 3 amide bonds. The van der Waals surface area contributed by atoms with Gasteiger partial charge in [0.15, 0.2) is 6.61 Å². The second kappa shape index (κ2) is 11.3. The van der Waals surface area contributed by atoms with Gasteiger partial charge in [-0.15, -0.1) is 11.8 Å². The van der Waals surface area contributed by atoms with E-state index in [4.69, 9.17) is 10.5 Å². The van der Waals surface area contributed by atoms with Crippen molar-refractivity contribution in [2.45, 2.75) is 36.3 Å². The smallest absolute Gasteiger partial charge is 0.338 e. The number of carbonyl (C=O) groups excluding carboxylic acids is 4. The number of nitrogen functional groups attached to an aromatic ring is 1. The molecule has 0 aliphatic carbocycles. The van der Waals surface area contributed by atoms with E-state index in [1.165, 1.54) is 36.0 Å². The summed E-state index contributed by atoms with van der Waals surface area (Å²) in [6.45, 7) is 3.72. The minimum Gasteiger partial charge on any atom is -0.452 e. The van der Waals surface area contributed by atoms with Gasteiger partial charge in [0, 0.05) is 22.7 Å². The number of amides is 3. The van der Waals surface area contributed by atoms with Crippen LogP contribution in [0.1, 0.15) is 42.1 Å². The Hall–Kier alpha value is -4.11. The Kier molecular flexibility index (Phi) is 7.93. The van der Waals surface area contributed by atoms with Gasteiger partial charge in [-0.25, -0.2) is 9.69 Å². The lowest BCUT2D eigenvalue weighted by atomic mass is 10.0. The minimum absolute atomic E-state index is 0.0669. The molecule has 1 aliphatic rings. The molecule has 1 saturated heterocycles. The molecule has 0 spiro atoms. The highest BCUT2D eigenvalue weighted by Gasteiger charge is 2.40. The first-order chi connectivity index (χ1) is 17.7. The molecule has 3 N–H and O–H groups in total. The van der Waals surface area contributed by atoms with E-state index in [0.717, 1.165) is 15.4 Å². The van der Waals surface area contributed by atoms with Crippen molar-refractivity contribution in [2.24, 2.45) is 0 Å². The number of hydrogen-bond acceptors (Lipinski definition) is 7. The van der Waals surface area contributed by atoms with Gasteiger partial charge in [0.1, 0.15) is 0 Å². The van der Waals surface area contributed by atoms with Crippen LogP contribution in [-0.2, 0) is 19.1 Å². The van der Waals surface area contributed by atoms with Crippen molar-refractivity contribution in [3.63, 3.8) is 0 Å². The minimum atomic E-state index is -0.689. The number of thioether (sulfide) groups is 1.